The van der Waals surface area contributed by atoms with Crippen LogP contribution in [0.2, 0.25) is 0 Å². The molecule has 0 saturated heterocycles. The van der Waals surface area contributed by atoms with Crippen LogP contribution in [-0.2, 0) is 24.3 Å². The molecule has 3 heterocycles. The van der Waals surface area contributed by atoms with E-state index in [9.17, 15) is 4.79 Å². The van der Waals surface area contributed by atoms with E-state index in [0.717, 1.165) is 29.5 Å². The van der Waals surface area contributed by atoms with Crippen LogP contribution >= 0.6 is 11.8 Å². The number of hydrogen-bond donors (Lipinski definition) is 0. The molecule has 0 bridgehead atoms. The summed E-state index contributed by atoms with van der Waals surface area (Å²) in [4.78, 5) is 19.1. The first kappa shape index (κ1) is 19.4. The predicted molar refractivity (Wildman–Crippen MR) is 114 cm³/mol. The second kappa shape index (κ2) is 8.61. The summed E-state index contributed by atoms with van der Waals surface area (Å²) in [6.45, 7) is 7.78. The molecule has 0 N–H and O–H groups in total. The third kappa shape index (κ3) is 4.10. The number of fused-ring (bicyclic) bond motifs is 1. The first-order valence-electron chi connectivity index (χ1n) is 9.64. The minimum atomic E-state index is -0.252. The Balaban J connectivity index is 1.51. The summed E-state index contributed by atoms with van der Waals surface area (Å²) in [5.74, 6) is 0.879. The molecular formula is C22H23N5OS. The second-order valence-corrected chi connectivity index (χ2v) is 8.29. The summed E-state index contributed by atoms with van der Waals surface area (Å²) in [7, 11) is 0. The van der Waals surface area contributed by atoms with Crippen LogP contribution in [-0.4, -0.2) is 42.4 Å². The molecular weight excluding hydrogens is 382 g/mol. The van der Waals surface area contributed by atoms with Crippen molar-refractivity contribution in [2.45, 2.75) is 36.8 Å². The largest absolute Gasteiger partial charge is 0.337 e. The van der Waals surface area contributed by atoms with Crippen LogP contribution in [0.5, 0.6) is 0 Å². The molecule has 1 aromatic carbocycles. The first-order chi connectivity index (χ1) is 14.2. The van der Waals surface area contributed by atoms with E-state index in [4.69, 9.17) is 0 Å². The van der Waals surface area contributed by atoms with Gasteiger partial charge in [0, 0.05) is 37.6 Å². The molecule has 1 aliphatic rings. The van der Waals surface area contributed by atoms with Crippen molar-refractivity contribution in [2.75, 3.05) is 6.54 Å². The molecule has 4 rings (SSSR count). The third-order valence-electron chi connectivity index (χ3n) is 5.04. The summed E-state index contributed by atoms with van der Waals surface area (Å²) < 4.78 is 1.99. The van der Waals surface area contributed by atoms with E-state index in [1.165, 1.54) is 22.9 Å². The lowest BCUT2D eigenvalue weighted by atomic mass is 10.00. The second-order valence-electron chi connectivity index (χ2n) is 6.98. The van der Waals surface area contributed by atoms with Gasteiger partial charge in [-0.2, -0.15) is 0 Å². The Bertz CT molecular complexity index is 1020. The number of pyridine rings is 1. The van der Waals surface area contributed by atoms with E-state index >= 15 is 0 Å². The number of amides is 1. The fraction of sp³-hybridized carbons (Fsp3) is 0.273. The molecule has 0 radical (unpaired) electrons. The van der Waals surface area contributed by atoms with Crippen molar-refractivity contribution in [3.05, 3.63) is 72.6 Å². The van der Waals surface area contributed by atoms with Gasteiger partial charge in [-0.15, -0.1) is 16.8 Å². The molecule has 3 aromatic rings. The maximum Gasteiger partial charge on any atom is 0.236 e. The molecule has 6 nitrogen and oxygen atoms in total. The zero-order chi connectivity index (χ0) is 20.2. The van der Waals surface area contributed by atoms with Gasteiger partial charge < -0.3 is 4.90 Å². The van der Waals surface area contributed by atoms with Crippen LogP contribution in [0.25, 0.3) is 11.4 Å². The average Bonchev–Trinajstić information content (AvgIpc) is 3.16. The standard InChI is InChI=1S/C22H23N5OS/c1-3-13-27-20(18-8-11-23-12-9-18)24-25-22(27)29-16(2)21(28)26-14-10-17-6-4-5-7-19(17)15-26/h3-9,11-12,16H,1,10,13-15H2,2H3/t16-/m1/s1. The Morgan fingerprint density at radius 3 is 2.72 bits per heavy atom. The van der Waals surface area contributed by atoms with Crippen LogP contribution in [0, 0.1) is 0 Å². The Hall–Kier alpha value is -2.93. The molecule has 7 heteroatoms. The Labute approximate surface area is 174 Å². The van der Waals surface area contributed by atoms with Crippen molar-refractivity contribution < 1.29 is 4.79 Å². The Morgan fingerprint density at radius 1 is 1.21 bits per heavy atom. The lowest BCUT2D eigenvalue weighted by Gasteiger charge is -2.30. The van der Waals surface area contributed by atoms with Gasteiger partial charge >= 0.3 is 0 Å². The van der Waals surface area contributed by atoms with Gasteiger partial charge in [0.1, 0.15) is 0 Å². The lowest BCUT2D eigenvalue weighted by Crippen LogP contribution is -2.40. The molecule has 0 saturated carbocycles. The van der Waals surface area contributed by atoms with Crippen LogP contribution < -0.4 is 0 Å². The topological polar surface area (TPSA) is 63.9 Å². The predicted octanol–water partition coefficient (Wildman–Crippen LogP) is 3.59. The van der Waals surface area contributed by atoms with Gasteiger partial charge in [-0.3, -0.25) is 14.3 Å². The summed E-state index contributed by atoms with van der Waals surface area (Å²) in [5, 5.41) is 9.17. The lowest BCUT2D eigenvalue weighted by molar-refractivity contribution is -0.131. The molecule has 0 fully saturated rings. The highest BCUT2D eigenvalue weighted by molar-refractivity contribution is 8.00. The summed E-state index contributed by atoms with van der Waals surface area (Å²) >= 11 is 1.44. The number of allylic oxidation sites excluding steroid dienone is 1. The summed E-state index contributed by atoms with van der Waals surface area (Å²) in [6, 6.07) is 12.1. The number of hydrogen-bond acceptors (Lipinski definition) is 5. The van der Waals surface area contributed by atoms with Crippen molar-refractivity contribution >= 4 is 17.7 Å². The van der Waals surface area contributed by atoms with Gasteiger partial charge in [0.25, 0.3) is 0 Å². The maximum atomic E-state index is 13.1. The number of aromatic nitrogens is 4. The fourth-order valence-corrected chi connectivity index (χ4v) is 4.48. The van der Waals surface area contributed by atoms with Crippen molar-refractivity contribution in [3.8, 4) is 11.4 Å². The average molecular weight is 406 g/mol. The van der Waals surface area contributed by atoms with E-state index in [1.807, 2.05) is 40.7 Å². The minimum Gasteiger partial charge on any atom is -0.337 e. The van der Waals surface area contributed by atoms with E-state index < -0.39 is 0 Å². The Morgan fingerprint density at radius 2 is 1.97 bits per heavy atom. The summed E-state index contributed by atoms with van der Waals surface area (Å²) in [6.07, 6.45) is 6.18. The SMILES string of the molecule is C=CCn1c(S[C@H](C)C(=O)N2CCc3ccccc3C2)nnc1-c1ccncc1. The maximum absolute atomic E-state index is 13.1. The van der Waals surface area contributed by atoms with E-state index in [0.29, 0.717) is 13.1 Å². The van der Waals surface area contributed by atoms with E-state index in [1.54, 1.807) is 12.4 Å². The molecule has 1 amide bonds. The van der Waals surface area contributed by atoms with Crippen molar-refractivity contribution in [1.29, 1.82) is 0 Å². The molecule has 1 atom stereocenters. The van der Waals surface area contributed by atoms with Crippen molar-refractivity contribution in [3.63, 3.8) is 0 Å². The number of carbonyl (C=O) groups excluding carboxylic acids is 1. The van der Waals surface area contributed by atoms with Crippen molar-refractivity contribution in [2.24, 2.45) is 0 Å². The van der Waals surface area contributed by atoms with Gasteiger partial charge in [-0.1, -0.05) is 42.1 Å². The third-order valence-corrected chi connectivity index (χ3v) is 6.11. The van der Waals surface area contributed by atoms with Crippen LogP contribution in [0.1, 0.15) is 18.1 Å². The quantitative estimate of drug-likeness (QED) is 0.463. The molecule has 0 unspecified atom stereocenters. The number of thioether (sulfide) groups is 1. The summed E-state index contributed by atoms with van der Waals surface area (Å²) in [5.41, 5.74) is 3.51. The monoisotopic (exact) mass is 405 g/mol. The molecule has 2 aromatic heterocycles. The van der Waals surface area contributed by atoms with E-state index in [2.05, 4.69) is 40.0 Å². The first-order valence-corrected chi connectivity index (χ1v) is 10.5. The highest BCUT2D eigenvalue weighted by Crippen LogP contribution is 2.29. The highest BCUT2D eigenvalue weighted by atomic mass is 32.2. The molecule has 0 aliphatic carbocycles. The minimum absolute atomic E-state index is 0.128. The molecule has 29 heavy (non-hydrogen) atoms. The van der Waals surface area contributed by atoms with Gasteiger partial charge in [0.2, 0.25) is 5.91 Å². The molecule has 0 spiro atoms. The Kier molecular flexibility index (Phi) is 5.76. The van der Waals surface area contributed by atoms with Crippen molar-refractivity contribution in [1.82, 2.24) is 24.6 Å². The number of rotatable bonds is 6. The zero-order valence-electron chi connectivity index (χ0n) is 16.4. The van der Waals surface area contributed by atoms with Crippen LogP contribution in [0.4, 0.5) is 0 Å². The number of carbonyl (C=O) groups is 1. The zero-order valence-corrected chi connectivity index (χ0v) is 17.2. The highest BCUT2D eigenvalue weighted by Gasteiger charge is 2.27. The smallest absolute Gasteiger partial charge is 0.236 e. The van der Waals surface area contributed by atoms with Crippen LogP contribution in [0.15, 0.2) is 66.6 Å². The van der Waals surface area contributed by atoms with Gasteiger partial charge in [-0.25, -0.2) is 0 Å². The number of benzene rings is 1. The van der Waals surface area contributed by atoms with Gasteiger partial charge in [-0.05, 0) is 36.6 Å². The molecule has 148 valence electrons. The molecule has 1 aliphatic heterocycles. The van der Waals surface area contributed by atoms with E-state index in [-0.39, 0.29) is 11.2 Å². The number of nitrogens with zero attached hydrogens (tertiary/aromatic N) is 5. The normalized spacial score (nSPS) is 14.3. The van der Waals surface area contributed by atoms with Crippen LogP contribution in [0.3, 0.4) is 0 Å². The van der Waals surface area contributed by atoms with Gasteiger partial charge in [0.15, 0.2) is 11.0 Å². The fourth-order valence-electron chi connectivity index (χ4n) is 3.53. The van der Waals surface area contributed by atoms with Gasteiger partial charge in [0.05, 0.1) is 5.25 Å².